The van der Waals surface area contributed by atoms with Gasteiger partial charge in [0.05, 0.1) is 24.1 Å². The first kappa shape index (κ1) is 51.5. The molecule has 37 heavy (non-hydrogen) atoms. The summed E-state index contributed by atoms with van der Waals surface area (Å²) in [6.07, 6.45) is -5.15. The fourth-order valence-electron chi connectivity index (χ4n) is 0. The van der Waals surface area contributed by atoms with Gasteiger partial charge in [0.1, 0.15) is 24.3 Å². The molecule has 0 saturated heterocycles. The number of nitrogens with two attached hydrogens (primary N) is 2. The molecule has 6 atom stereocenters. The fourth-order valence-corrected chi connectivity index (χ4v) is 0. The average molecular weight is 577 g/mol. The van der Waals surface area contributed by atoms with Gasteiger partial charge in [0, 0.05) is 0 Å². The zero-order valence-corrected chi connectivity index (χ0v) is 23.4. The van der Waals surface area contributed by atoms with E-state index in [1.807, 2.05) is 0 Å². The van der Waals surface area contributed by atoms with E-state index in [2.05, 4.69) is 0 Å². The SMILES string of the molecule is CC(O)C(=O)O.CC(O)C(=O)O.CC(O)C(=O)[O-].CC(O)C(=O)[O-].C[C@H](N)C(=O)O.C[C@H](N)C(=O)O.[Ca+2]. The number of carboxylic acids is 6. The van der Waals surface area contributed by atoms with Crippen molar-refractivity contribution in [3.8, 4) is 0 Å². The Morgan fingerprint density at radius 1 is 0.486 bits per heavy atom. The molecular weight excluding hydrogens is 540 g/mol. The molecule has 0 fully saturated rings. The van der Waals surface area contributed by atoms with E-state index in [1.54, 1.807) is 0 Å². The average Bonchev–Trinajstić information content (AvgIpc) is 2.69. The van der Waals surface area contributed by atoms with E-state index in [1.165, 1.54) is 27.7 Å². The number of aliphatic carboxylic acids is 6. The first-order chi connectivity index (χ1) is 15.9. The molecule has 0 heterocycles. The Balaban J connectivity index is -0.0000000581. The molecule has 0 aromatic rings. The molecule has 0 rings (SSSR count). The Hall–Kier alpha value is -2.16. The van der Waals surface area contributed by atoms with Crippen LogP contribution >= 0.6 is 0 Å². The second-order valence-electron chi connectivity index (χ2n) is 6.27. The summed E-state index contributed by atoms with van der Waals surface area (Å²) in [5.41, 5.74) is 9.67. The maximum Gasteiger partial charge on any atom is 2.00 e. The zero-order valence-electron chi connectivity index (χ0n) is 21.2. The molecule has 0 bridgehead atoms. The van der Waals surface area contributed by atoms with Gasteiger partial charge >= 0.3 is 61.6 Å². The summed E-state index contributed by atoms with van der Waals surface area (Å²) in [6, 6.07) is -1.46. The largest absolute Gasteiger partial charge is 2.00 e. The van der Waals surface area contributed by atoms with Gasteiger partial charge in [0.2, 0.25) is 0 Å². The van der Waals surface area contributed by atoms with Gasteiger partial charge in [-0.2, -0.15) is 0 Å². The van der Waals surface area contributed by atoms with E-state index in [4.69, 9.17) is 52.3 Å². The summed E-state index contributed by atoms with van der Waals surface area (Å²) in [5, 5.41) is 81.9. The van der Waals surface area contributed by atoms with E-state index in [9.17, 15) is 39.0 Å². The van der Waals surface area contributed by atoms with Gasteiger partial charge in [0.15, 0.2) is 0 Å². The van der Waals surface area contributed by atoms with Crippen LogP contribution in [0.2, 0.25) is 0 Å². The number of aliphatic hydroxyl groups is 4. The Labute approximate surface area is 242 Å². The molecule has 0 aromatic heterocycles. The topological polar surface area (TPSA) is 362 Å². The fraction of sp³-hybridized carbons (Fsp3) is 0.667. The van der Waals surface area contributed by atoms with Crippen molar-refractivity contribution in [3.63, 3.8) is 0 Å². The smallest absolute Gasteiger partial charge is 0.547 e. The Morgan fingerprint density at radius 3 is 0.568 bits per heavy atom. The molecule has 12 N–H and O–H groups in total. The minimum atomic E-state index is -1.44. The van der Waals surface area contributed by atoms with Crippen LogP contribution in [0.3, 0.4) is 0 Å². The number of rotatable bonds is 6. The minimum Gasteiger partial charge on any atom is -0.547 e. The van der Waals surface area contributed by atoms with Crippen LogP contribution in [0, 0.1) is 0 Å². The molecule has 4 unspecified atom stereocenters. The molecule has 19 heteroatoms. The van der Waals surface area contributed by atoms with Crippen LogP contribution in [-0.2, 0) is 28.8 Å². The maximum atomic E-state index is 9.57. The Bertz CT molecular complexity index is 498. The van der Waals surface area contributed by atoms with E-state index in [0.29, 0.717) is 0 Å². The van der Waals surface area contributed by atoms with Crippen molar-refractivity contribution in [1.82, 2.24) is 0 Å². The number of hydrogen-bond acceptors (Lipinski definition) is 14. The third-order valence-corrected chi connectivity index (χ3v) is 2.18. The van der Waals surface area contributed by atoms with Crippen LogP contribution < -0.4 is 21.7 Å². The van der Waals surface area contributed by atoms with E-state index < -0.39 is 72.3 Å². The summed E-state index contributed by atoms with van der Waals surface area (Å²) >= 11 is 0. The molecule has 0 radical (unpaired) electrons. The first-order valence-corrected chi connectivity index (χ1v) is 9.42. The first-order valence-electron chi connectivity index (χ1n) is 9.42. The number of hydrogen-bond donors (Lipinski definition) is 10. The van der Waals surface area contributed by atoms with Gasteiger partial charge < -0.3 is 72.1 Å². The quantitative estimate of drug-likeness (QED) is 0.131. The van der Waals surface area contributed by atoms with Crippen molar-refractivity contribution < 1.29 is 79.8 Å². The predicted octanol–water partition coefficient (Wildman–Crippen LogP) is -6.41. The van der Waals surface area contributed by atoms with Crippen molar-refractivity contribution >= 4 is 73.6 Å². The third-order valence-electron chi connectivity index (χ3n) is 2.18. The standard InChI is InChI=1S/2C3H7NO2.4C3H6O3.Ca/c6*1-2(4)3(5)6;/h2*2H,4H2,1H3,(H,5,6);4*2,4H,1H3,(H,5,6);/q;;;;;;+2/p-2/t2*2-;;;;;/m00...../s1. The molecule has 0 aliphatic rings. The van der Waals surface area contributed by atoms with Crippen molar-refractivity contribution in [3.05, 3.63) is 0 Å². The van der Waals surface area contributed by atoms with Gasteiger partial charge in [-0.1, -0.05) is 0 Å². The van der Waals surface area contributed by atoms with Crippen LogP contribution in [0.4, 0.5) is 0 Å². The van der Waals surface area contributed by atoms with Gasteiger partial charge in [0.25, 0.3) is 0 Å². The molecule has 0 spiro atoms. The number of aliphatic hydroxyl groups excluding tert-OH is 4. The Kier molecular flexibility index (Phi) is 44.3. The molecule has 0 amide bonds. The normalized spacial score (nSPS) is 13.3. The molecule has 18 nitrogen and oxygen atoms in total. The Morgan fingerprint density at radius 2 is 0.568 bits per heavy atom. The summed E-state index contributed by atoms with van der Waals surface area (Å²) in [6.45, 7) is 7.50. The zero-order chi connectivity index (χ0) is 30.9. The summed E-state index contributed by atoms with van der Waals surface area (Å²) in [5.74, 6) is -7.17. The van der Waals surface area contributed by atoms with Gasteiger partial charge in [-0.25, -0.2) is 9.59 Å². The van der Waals surface area contributed by atoms with Gasteiger partial charge in [-0.15, -0.1) is 0 Å². The number of carbonyl (C=O) groups is 6. The van der Waals surface area contributed by atoms with E-state index in [-0.39, 0.29) is 37.7 Å². The van der Waals surface area contributed by atoms with Crippen LogP contribution in [0.1, 0.15) is 41.5 Å². The summed E-state index contributed by atoms with van der Waals surface area (Å²) < 4.78 is 0. The van der Waals surface area contributed by atoms with Crippen molar-refractivity contribution in [2.75, 3.05) is 0 Å². The van der Waals surface area contributed by atoms with Crippen molar-refractivity contribution in [2.24, 2.45) is 11.5 Å². The minimum absolute atomic E-state index is 0. The van der Waals surface area contributed by atoms with Crippen LogP contribution in [0.15, 0.2) is 0 Å². The van der Waals surface area contributed by atoms with Crippen molar-refractivity contribution in [2.45, 2.75) is 78.0 Å². The van der Waals surface area contributed by atoms with Crippen molar-refractivity contribution in [1.29, 1.82) is 0 Å². The van der Waals surface area contributed by atoms with Gasteiger partial charge in [-0.3, -0.25) is 9.59 Å². The van der Waals surface area contributed by atoms with Crippen LogP contribution in [0.5, 0.6) is 0 Å². The molecule has 0 saturated carbocycles. The van der Waals surface area contributed by atoms with E-state index >= 15 is 0 Å². The number of carbonyl (C=O) groups excluding carboxylic acids is 2. The molecule has 0 aromatic carbocycles. The number of carboxylic acid groups (broad SMARTS) is 6. The second kappa shape index (κ2) is 31.9. The third kappa shape index (κ3) is 71.9. The monoisotopic (exact) mass is 576 g/mol. The van der Waals surface area contributed by atoms with E-state index in [0.717, 1.165) is 13.8 Å². The summed E-state index contributed by atoms with van der Waals surface area (Å²) in [7, 11) is 0. The van der Waals surface area contributed by atoms with Gasteiger partial charge in [-0.05, 0) is 41.5 Å². The summed E-state index contributed by atoms with van der Waals surface area (Å²) in [4.78, 5) is 56.7. The molecular formula is C18H36CaN2O16. The molecule has 216 valence electrons. The van der Waals surface area contributed by atoms with Crippen LogP contribution in [-0.4, -0.2) is 151 Å². The predicted molar refractivity (Wildman–Crippen MR) is 120 cm³/mol. The van der Waals surface area contributed by atoms with Crippen LogP contribution in [0.25, 0.3) is 0 Å². The molecule has 0 aliphatic heterocycles. The maximum absolute atomic E-state index is 9.57. The molecule has 0 aliphatic carbocycles. The second-order valence-corrected chi connectivity index (χ2v) is 6.27.